The van der Waals surface area contributed by atoms with Crippen LogP contribution in [0.25, 0.3) is 0 Å². The second-order valence-electron chi connectivity index (χ2n) is 5.71. The first kappa shape index (κ1) is 15.6. The van der Waals surface area contributed by atoms with E-state index in [4.69, 9.17) is 4.74 Å². The van der Waals surface area contributed by atoms with E-state index in [1.54, 1.807) is 6.92 Å². The zero-order valence-corrected chi connectivity index (χ0v) is 14.6. The number of fused-ring (bicyclic) bond motifs is 1. The van der Waals surface area contributed by atoms with Crippen LogP contribution in [0.5, 0.6) is 0 Å². The average Bonchev–Trinajstić information content (AvgIpc) is 2.35. The van der Waals surface area contributed by atoms with Gasteiger partial charge < -0.3 is 4.74 Å². The van der Waals surface area contributed by atoms with Gasteiger partial charge in [0, 0.05) is 12.5 Å². The predicted molar refractivity (Wildman–Crippen MR) is 87.2 cm³/mol. The average molecular weight is 399 g/mol. The lowest BCUT2D eigenvalue weighted by Crippen LogP contribution is -2.49. The molecule has 1 fully saturated rings. The predicted octanol–water partition coefficient (Wildman–Crippen LogP) is 2.03. The number of hydrogen-bond donors (Lipinski definition) is 1. The third kappa shape index (κ3) is 4.09. The SMILES string of the molecule is CCS(=O)(=O)NCC1CC(C)(C)OC2C=CI=CC12. The van der Waals surface area contributed by atoms with Gasteiger partial charge in [0.05, 0.1) is 17.5 Å². The number of rotatable bonds is 4. The third-order valence-electron chi connectivity index (χ3n) is 3.63. The quantitative estimate of drug-likeness (QED) is 0.737. The molecule has 2 aliphatic rings. The fourth-order valence-corrected chi connectivity index (χ4v) is 5.69. The fourth-order valence-electron chi connectivity index (χ4n) is 2.66. The summed E-state index contributed by atoms with van der Waals surface area (Å²) in [5.74, 6) is 0.842. The lowest BCUT2D eigenvalue weighted by molar-refractivity contribution is -0.119. The summed E-state index contributed by atoms with van der Waals surface area (Å²) in [7, 11) is -3.11. The normalized spacial score (nSPS) is 33.5. The van der Waals surface area contributed by atoms with Crippen molar-refractivity contribution in [3.63, 3.8) is 0 Å². The lowest BCUT2D eigenvalue weighted by atomic mass is 9.78. The summed E-state index contributed by atoms with van der Waals surface area (Å²) < 4.78 is 36.6. The molecule has 0 aliphatic carbocycles. The van der Waals surface area contributed by atoms with Gasteiger partial charge in [-0.2, -0.15) is 0 Å². The molecule has 1 saturated heterocycles. The largest absolute Gasteiger partial charge is 0.368 e. The molecule has 0 aromatic rings. The summed E-state index contributed by atoms with van der Waals surface area (Å²) in [5.41, 5.74) is -0.183. The van der Waals surface area contributed by atoms with Gasteiger partial charge in [0.25, 0.3) is 0 Å². The molecule has 1 N–H and O–H groups in total. The Kier molecular flexibility index (Phi) is 4.85. The van der Waals surface area contributed by atoms with Crippen molar-refractivity contribution >= 4 is 34.8 Å². The van der Waals surface area contributed by atoms with Crippen molar-refractivity contribution in [1.82, 2.24) is 4.72 Å². The van der Waals surface area contributed by atoms with E-state index in [9.17, 15) is 8.42 Å². The summed E-state index contributed by atoms with van der Waals surface area (Å²) in [6.45, 7) is 6.36. The first-order valence-corrected chi connectivity index (χ1v) is 10.7. The van der Waals surface area contributed by atoms with Gasteiger partial charge in [-0.25, -0.2) is 13.1 Å². The number of hydrogen-bond acceptors (Lipinski definition) is 3. The molecule has 110 valence electrons. The van der Waals surface area contributed by atoms with Crippen molar-refractivity contribution in [3.8, 4) is 0 Å². The highest BCUT2D eigenvalue weighted by atomic mass is 127. The molecule has 2 heterocycles. The molecule has 3 unspecified atom stereocenters. The number of ether oxygens (including phenoxy) is 1. The van der Waals surface area contributed by atoms with Crippen LogP contribution < -0.4 is 4.72 Å². The molecule has 0 amide bonds. The van der Waals surface area contributed by atoms with Gasteiger partial charge in [0.2, 0.25) is 10.0 Å². The Bertz CT molecular complexity index is 484. The Hall–Kier alpha value is 0.210. The minimum atomic E-state index is -3.11. The second kappa shape index (κ2) is 5.91. The van der Waals surface area contributed by atoms with Gasteiger partial charge in [-0.15, -0.1) is 0 Å². The van der Waals surface area contributed by atoms with Gasteiger partial charge in [0.1, 0.15) is 0 Å². The van der Waals surface area contributed by atoms with Crippen molar-refractivity contribution in [2.45, 2.75) is 38.9 Å². The second-order valence-corrected chi connectivity index (χ2v) is 9.96. The molecule has 0 saturated carbocycles. The van der Waals surface area contributed by atoms with E-state index < -0.39 is 10.0 Å². The van der Waals surface area contributed by atoms with E-state index in [1.165, 1.54) is 0 Å². The van der Waals surface area contributed by atoms with Gasteiger partial charge in [-0.3, -0.25) is 0 Å². The first-order valence-electron chi connectivity index (χ1n) is 6.60. The van der Waals surface area contributed by atoms with Crippen molar-refractivity contribution < 1.29 is 13.2 Å². The van der Waals surface area contributed by atoms with E-state index in [2.05, 4.69) is 32.7 Å². The lowest BCUT2D eigenvalue weighted by Gasteiger charge is -2.45. The number of nitrogens with one attached hydrogen (secondary N) is 1. The zero-order valence-electron chi connectivity index (χ0n) is 11.6. The minimum absolute atomic E-state index is 0.00339. The van der Waals surface area contributed by atoms with Gasteiger partial charge >= 0.3 is 0 Å². The third-order valence-corrected chi connectivity index (χ3v) is 7.07. The topological polar surface area (TPSA) is 55.4 Å². The highest BCUT2D eigenvalue weighted by Crippen LogP contribution is 2.38. The molecule has 0 aromatic heterocycles. The monoisotopic (exact) mass is 399 g/mol. The Morgan fingerprint density at radius 3 is 2.89 bits per heavy atom. The summed E-state index contributed by atoms with van der Waals surface area (Å²) >= 11 is 0.00339. The van der Waals surface area contributed by atoms with E-state index in [-0.39, 0.29) is 38.2 Å². The Balaban J connectivity index is 2.09. The maximum absolute atomic E-state index is 11.6. The van der Waals surface area contributed by atoms with Crippen LogP contribution in [0.4, 0.5) is 0 Å². The van der Waals surface area contributed by atoms with Gasteiger partial charge in [0.15, 0.2) is 0 Å². The van der Waals surface area contributed by atoms with Crippen molar-refractivity contribution in [2.75, 3.05) is 12.3 Å². The molecular formula is C13H22INO3S. The maximum atomic E-state index is 11.6. The van der Waals surface area contributed by atoms with Crippen molar-refractivity contribution in [3.05, 3.63) is 10.2 Å². The summed E-state index contributed by atoms with van der Waals surface area (Å²) in [4.78, 5) is 0. The highest BCUT2D eigenvalue weighted by molar-refractivity contribution is 14.2. The van der Waals surface area contributed by atoms with Crippen molar-refractivity contribution in [2.24, 2.45) is 11.8 Å². The fraction of sp³-hybridized carbons (Fsp3) is 0.769. The van der Waals surface area contributed by atoms with Gasteiger partial charge in [-0.1, -0.05) is 20.7 Å². The van der Waals surface area contributed by atoms with Crippen LogP contribution in [-0.4, -0.2) is 36.4 Å². The van der Waals surface area contributed by atoms with Crippen LogP contribution in [0, 0.1) is 11.8 Å². The molecule has 4 nitrogen and oxygen atoms in total. The van der Waals surface area contributed by atoms with Gasteiger partial charge in [-0.05, 0) is 47.3 Å². The maximum Gasteiger partial charge on any atom is 0.211 e. The Labute approximate surface area is 125 Å². The smallest absolute Gasteiger partial charge is 0.211 e. The minimum Gasteiger partial charge on any atom is -0.368 e. The first-order chi connectivity index (χ1) is 8.83. The summed E-state index contributed by atoms with van der Waals surface area (Å²) in [5, 5.41) is 0. The summed E-state index contributed by atoms with van der Waals surface area (Å²) in [6.07, 6.45) is 3.18. The van der Waals surface area contributed by atoms with Crippen LogP contribution in [-0.2, 0) is 14.8 Å². The van der Waals surface area contributed by atoms with Crippen LogP contribution >= 0.6 is 20.7 Å². The molecule has 0 bridgehead atoms. The number of halogens is 1. The highest BCUT2D eigenvalue weighted by Gasteiger charge is 2.40. The molecule has 0 spiro atoms. The van der Waals surface area contributed by atoms with E-state index in [0.717, 1.165) is 6.42 Å². The summed E-state index contributed by atoms with van der Waals surface area (Å²) in [6, 6.07) is 0. The molecular weight excluding hydrogens is 377 g/mol. The van der Waals surface area contributed by atoms with E-state index in [0.29, 0.717) is 18.4 Å². The van der Waals surface area contributed by atoms with Crippen LogP contribution in [0.2, 0.25) is 0 Å². The van der Waals surface area contributed by atoms with E-state index >= 15 is 0 Å². The molecule has 2 rings (SSSR count). The molecule has 3 atom stereocenters. The van der Waals surface area contributed by atoms with Crippen LogP contribution in [0.3, 0.4) is 0 Å². The number of sulfonamides is 1. The van der Waals surface area contributed by atoms with Crippen LogP contribution in [0.1, 0.15) is 27.2 Å². The molecule has 0 aromatic carbocycles. The Morgan fingerprint density at radius 2 is 2.21 bits per heavy atom. The van der Waals surface area contributed by atoms with Crippen molar-refractivity contribution in [1.29, 1.82) is 0 Å². The molecule has 0 radical (unpaired) electrons. The standard InChI is InChI=1S/C13H22INO3S/c1-4-19(16,17)15-9-10-7-13(2,3)18-12-5-6-14-8-11(10)12/h5-6,8,10-12,15H,4,7,9H2,1-3H3. The molecule has 19 heavy (non-hydrogen) atoms. The van der Waals surface area contributed by atoms with E-state index in [1.807, 2.05) is 0 Å². The zero-order chi connectivity index (χ0) is 14.1. The molecule has 6 heteroatoms. The van der Waals surface area contributed by atoms with Crippen LogP contribution in [0.15, 0.2) is 10.2 Å². The molecule has 2 aliphatic heterocycles. The Morgan fingerprint density at radius 1 is 1.47 bits per heavy atom.